The number of benzene rings is 1. The maximum Gasteiger partial charge on any atom is 0.227 e. The van der Waals surface area contributed by atoms with Crippen LogP contribution in [-0.4, -0.2) is 42.0 Å². The van der Waals surface area contributed by atoms with Crippen LogP contribution in [0.25, 0.3) is 10.2 Å². The van der Waals surface area contributed by atoms with Crippen molar-refractivity contribution in [1.29, 1.82) is 0 Å². The van der Waals surface area contributed by atoms with Crippen molar-refractivity contribution in [3.05, 3.63) is 24.0 Å². The lowest BCUT2D eigenvalue weighted by Crippen LogP contribution is -2.47. The highest BCUT2D eigenvalue weighted by Gasteiger charge is 2.32. The number of thiazole rings is 1. The second kappa shape index (κ2) is 6.90. The third-order valence-corrected chi connectivity index (χ3v) is 6.43. The Hall–Kier alpha value is -1.69. The van der Waals surface area contributed by atoms with Crippen LogP contribution in [-0.2, 0) is 4.79 Å². The summed E-state index contributed by atoms with van der Waals surface area (Å²) in [6.07, 6.45) is 4.30. The molecule has 2 saturated heterocycles. The number of hydrogen-bond donors (Lipinski definition) is 0. The Morgan fingerprint density at radius 1 is 1.24 bits per heavy atom. The summed E-state index contributed by atoms with van der Waals surface area (Å²) in [5, 5.41) is 0.908. The van der Waals surface area contributed by atoms with Crippen LogP contribution in [0.1, 0.15) is 32.6 Å². The molecule has 2 aliphatic heterocycles. The zero-order valence-electron chi connectivity index (χ0n) is 14.6. The van der Waals surface area contributed by atoms with Crippen LogP contribution < -0.4 is 4.90 Å². The summed E-state index contributed by atoms with van der Waals surface area (Å²) in [5.41, 5.74) is 0.833. The summed E-state index contributed by atoms with van der Waals surface area (Å²) in [4.78, 5) is 21.8. The van der Waals surface area contributed by atoms with E-state index in [-0.39, 0.29) is 11.7 Å². The number of hydrogen-bond acceptors (Lipinski definition) is 4. The summed E-state index contributed by atoms with van der Waals surface area (Å²) >= 11 is 1.52. The first-order valence-electron chi connectivity index (χ1n) is 9.20. The molecule has 2 atom stereocenters. The molecule has 1 amide bonds. The zero-order chi connectivity index (χ0) is 17.4. The predicted octanol–water partition coefficient (Wildman–Crippen LogP) is 3.91. The lowest BCUT2D eigenvalue weighted by Gasteiger charge is -2.37. The highest BCUT2D eigenvalue weighted by molar-refractivity contribution is 7.22. The van der Waals surface area contributed by atoms with Gasteiger partial charge in [-0.2, -0.15) is 0 Å². The molecule has 0 N–H and O–H groups in total. The van der Waals surface area contributed by atoms with E-state index in [9.17, 15) is 9.18 Å². The molecule has 0 radical (unpaired) electrons. The maximum atomic E-state index is 13.4. The number of halogens is 1. The van der Waals surface area contributed by atoms with Gasteiger partial charge >= 0.3 is 0 Å². The van der Waals surface area contributed by atoms with E-state index in [2.05, 4.69) is 21.7 Å². The number of fused-ring (bicyclic) bond motifs is 1. The second-order valence-corrected chi connectivity index (χ2v) is 8.43. The Balaban J connectivity index is 1.49. The molecule has 1 aromatic heterocycles. The average molecular weight is 361 g/mol. The van der Waals surface area contributed by atoms with E-state index in [1.807, 2.05) is 0 Å². The van der Waals surface area contributed by atoms with Gasteiger partial charge < -0.3 is 9.80 Å². The number of anilines is 1. The van der Waals surface area contributed by atoms with Gasteiger partial charge in [-0.15, -0.1) is 0 Å². The third-order valence-electron chi connectivity index (χ3n) is 5.35. The molecule has 0 saturated carbocycles. The third kappa shape index (κ3) is 3.50. The Labute approximate surface area is 151 Å². The van der Waals surface area contributed by atoms with Gasteiger partial charge in [-0.05, 0) is 49.8 Å². The fourth-order valence-corrected chi connectivity index (χ4v) is 5.05. The topological polar surface area (TPSA) is 36.4 Å². The number of nitrogens with zero attached hydrogens (tertiary/aromatic N) is 3. The van der Waals surface area contributed by atoms with E-state index in [4.69, 9.17) is 0 Å². The van der Waals surface area contributed by atoms with Crippen molar-refractivity contribution in [2.75, 3.05) is 31.1 Å². The van der Waals surface area contributed by atoms with E-state index in [0.717, 1.165) is 60.8 Å². The van der Waals surface area contributed by atoms with Crippen LogP contribution in [0.15, 0.2) is 18.2 Å². The molecule has 0 bridgehead atoms. The molecule has 134 valence electrons. The number of likely N-dealkylation sites (tertiary alicyclic amines) is 1. The minimum Gasteiger partial charge on any atom is -0.347 e. The molecule has 0 spiro atoms. The summed E-state index contributed by atoms with van der Waals surface area (Å²) in [6.45, 7) is 5.68. The van der Waals surface area contributed by atoms with E-state index < -0.39 is 0 Å². The quantitative estimate of drug-likeness (QED) is 0.814. The molecule has 4 nitrogen and oxygen atoms in total. The SMILES string of the molecule is CC1CCCN(C(=O)C2CCCN(c3nc4ccc(F)cc4s3)C2)C1. The molecular weight excluding hydrogens is 337 g/mol. The smallest absolute Gasteiger partial charge is 0.227 e. The van der Waals surface area contributed by atoms with Crippen molar-refractivity contribution in [3.8, 4) is 0 Å². The lowest BCUT2D eigenvalue weighted by molar-refractivity contribution is -0.137. The van der Waals surface area contributed by atoms with Gasteiger partial charge in [0, 0.05) is 26.2 Å². The van der Waals surface area contributed by atoms with E-state index in [1.165, 1.54) is 29.9 Å². The average Bonchev–Trinajstić information content (AvgIpc) is 3.04. The van der Waals surface area contributed by atoms with Crippen LogP contribution >= 0.6 is 11.3 Å². The molecule has 2 fully saturated rings. The van der Waals surface area contributed by atoms with Crippen molar-refractivity contribution in [3.63, 3.8) is 0 Å². The number of aromatic nitrogens is 1. The molecule has 3 heterocycles. The Kier molecular flexibility index (Phi) is 4.63. The summed E-state index contributed by atoms with van der Waals surface area (Å²) in [6, 6.07) is 4.72. The molecule has 6 heteroatoms. The van der Waals surface area contributed by atoms with Crippen LogP contribution in [0, 0.1) is 17.7 Å². The van der Waals surface area contributed by atoms with Crippen LogP contribution in [0.5, 0.6) is 0 Å². The number of piperidine rings is 2. The van der Waals surface area contributed by atoms with E-state index in [1.54, 1.807) is 6.07 Å². The first kappa shape index (κ1) is 16.8. The predicted molar refractivity (Wildman–Crippen MR) is 99.5 cm³/mol. The molecule has 2 aromatic rings. The first-order valence-corrected chi connectivity index (χ1v) is 10.0. The fraction of sp³-hybridized carbons (Fsp3) is 0.579. The fourth-order valence-electron chi connectivity index (χ4n) is 4.02. The Bertz CT molecular complexity index is 777. The number of rotatable bonds is 2. The molecule has 4 rings (SSSR count). The number of carbonyl (C=O) groups is 1. The number of carbonyl (C=O) groups excluding carboxylic acids is 1. The minimum atomic E-state index is -0.228. The van der Waals surface area contributed by atoms with E-state index >= 15 is 0 Å². The Morgan fingerprint density at radius 2 is 2.08 bits per heavy atom. The van der Waals surface area contributed by atoms with Gasteiger partial charge in [-0.25, -0.2) is 9.37 Å². The van der Waals surface area contributed by atoms with Gasteiger partial charge in [0.1, 0.15) is 5.82 Å². The zero-order valence-corrected chi connectivity index (χ0v) is 15.4. The van der Waals surface area contributed by atoms with Crippen molar-refractivity contribution in [1.82, 2.24) is 9.88 Å². The van der Waals surface area contributed by atoms with Crippen LogP contribution in [0.2, 0.25) is 0 Å². The van der Waals surface area contributed by atoms with Gasteiger partial charge in [0.2, 0.25) is 5.91 Å². The second-order valence-electron chi connectivity index (χ2n) is 7.43. The van der Waals surface area contributed by atoms with Crippen molar-refractivity contribution in [2.24, 2.45) is 11.8 Å². The first-order chi connectivity index (χ1) is 12.1. The molecule has 2 aliphatic rings. The monoisotopic (exact) mass is 361 g/mol. The molecule has 2 unspecified atom stereocenters. The van der Waals surface area contributed by atoms with Crippen molar-refractivity contribution >= 4 is 32.6 Å². The van der Waals surface area contributed by atoms with Crippen molar-refractivity contribution in [2.45, 2.75) is 32.6 Å². The van der Waals surface area contributed by atoms with Gasteiger partial charge in [0.05, 0.1) is 16.1 Å². The lowest BCUT2D eigenvalue weighted by atomic mass is 9.94. The maximum absolute atomic E-state index is 13.4. The van der Waals surface area contributed by atoms with Gasteiger partial charge in [-0.1, -0.05) is 18.3 Å². The summed E-state index contributed by atoms with van der Waals surface area (Å²) < 4.78 is 14.3. The Morgan fingerprint density at radius 3 is 2.92 bits per heavy atom. The molecule has 25 heavy (non-hydrogen) atoms. The highest BCUT2D eigenvalue weighted by atomic mass is 32.1. The minimum absolute atomic E-state index is 0.0581. The van der Waals surface area contributed by atoms with Crippen LogP contribution in [0.3, 0.4) is 0 Å². The standard InChI is InChI=1S/C19H24FN3OS/c1-13-4-2-8-22(11-13)18(24)14-5-3-9-23(12-14)19-21-16-7-6-15(20)10-17(16)25-19/h6-7,10,13-14H,2-5,8-9,11-12H2,1H3. The van der Waals surface area contributed by atoms with Crippen molar-refractivity contribution < 1.29 is 9.18 Å². The van der Waals surface area contributed by atoms with Gasteiger partial charge in [0.15, 0.2) is 5.13 Å². The largest absolute Gasteiger partial charge is 0.347 e. The normalized spacial score (nSPS) is 24.7. The van der Waals surface area contributed by atoms with E-state index in [0.29, 0.717) is 11.8 Å². The molecule has 0 aliphatic carbocycles. The molecular formula is C19H24FN3OS. The summed E-state index contributed by atoms with van der Waals surface area (Å²) in [5.74, 6) is 0.747. The number of amides is 1. The summed E-state index contributed by atoms with van der Waals surface area (Å²) in [7, 11) is 0. The van der Waals surface area contributed by atoms with Crippen LogP contribution in [0.4, 0.5) is 9.52 Å². The van der Waals surface area contributed by atoms with Gasteiger partial charge in [0.25, 0.3) is 0 Å². The molecule has 1 aromatic carbocycles. The van der Waals surface area contributed by atoms with Gasteiger partial charge in [-0.3, -0.25) is 4.79 Å². The highest BCUT2D eigenvalue weighted by Crippen LogP contribution is 2.32.